The first kappa shape index (κ1) is 18.0. The molecule has 0 fully saturated rings. The highest BCUT2D eigenvalue weighted by molar-refractivity contribution is 8.00. The Balaban J connectivity index is 1.94. The van der Waals surface area contributed by atoms with Crippen molar-refractivity contribution in [3.05, 3.63) is 48.8 Å². The Morgan fingerprint density at radius 1 is 1.12 bits per heavy atom. The van der Waals surface area contributed by atoms with E-state index in [1.54, 1.807) is 24.5 Å². The van der Waals surface area contributed by atoms with Gasteiger partial charge >= 0.3 is 0 Å². The number of thioether (sulfide) groups is 1. The van der Waals surface area contributed by atoms with Crippen LogP contribution in [0.1, 0.15) is 26.7 Å². The van der Waals surface area contributed by atoms with Gasteiger partial charge in [-0.2, -0.15) is 0 Å². The van der Waals surface area contributed by atoms with Crippen LogP contribution in [0.15, 0.2) is 53.7 Å². The summed E-state index contributed by atoms with van der Waals surface area (Å²) < 4.78 is 0. The van der Waals surface area contributed by atoms with E-state index in [4.69, 9.17) is 0 Å². The van der Waals surface area contributed by atoms with E-state index in [2.05, 4.69) is 15.6 Å². The third-order valence-electron chi connectivity index (χ3n) is 3.22. The molecule has 1 atom stereocenters. The second kappa shape index (κ2) is 9.08. The molecule has 0 radical (unpaired) electrons. The van der Waals surface area contributed by atoms with E-state index in [9.17, 15) is 9.59 Å². The van der Waals surface area contributed by atoms with Gasteiger partial charge in [0, 0.05) is 35.1 Å². The van der Waals surface area contributed by atoms with E-state index in [1.165, 1.54) is 11.8 Å². The summed E-state index contributed by atoms with van der Waals surface area (Å²) in [7, 11) is 0. The number of hydrogen-bond donors (Lipinski definition) is 2. The highest BCUT2D eigenvalue weighted by Gasteiger charge is 2.15. The predicted octanol–water partition coefficient (Wildman–Crippen LogP) is 3.94. The third-order valence-corrected chi connectivity index (χ3v) is 4.32. The molecule has 2 aromatic rings. The summed E-state index contributed by atoms with van der Waals surface area (Å²) in [4.78, 5) is 28.8. The fourth-order valence-electron chi connectivity index (χ4n) is 2.03. The van der Waals surface area contributed by atoms with Crippen molar-refractivity contribution in [2.24, 2.45) is 0 Å². The zero-order chi connectivity index (χ0) is 17.4. The summed E-state index contributed by atoms with van der Waals surface area (Å²) >= 11 is 1.45. The third kappa shape index (κ3) is 5.70. The molecular weight excluding hydrogens is 322 g/mol. The Kier molecular flexibility index (Phi) is 6.81. The van der Waals surface area contributed by atoms with Gasteiger partial charge in [-0.15, -0.1) is 11.8 Å². The molecule has 24 heavy (non-hydrogen) atoms. The highest BCUT2D eigenvalue weighted by atomic mass is 32.2. The molecule has 6 heteroatoms. The van der Waals surface area contributed by atoms with Crippen molar-refractivity contribution >= 4 is 35.0 Å². The molecule has 5 nitrogen and oxygen atoms in total. The molecule has 0 aliphatic carbocycles. The van der Waals surface area contributed by atoms with Crippen molar-refractivity contribution in [3.8, 4) is 0 Å². The lowest BCUT2D eigenvalue weighted by Gasteiger charge is -2.13. The smallest absolute Gasteiger partial charge is 0.237 e. The predicted molar refractivity (Wildman–Crippen MR) is 98.2 cm³/mol. The van der Waals surface area contributed by atoms with E-state index in [0.717, 1.165) is 22.7 Å². The van der Waals surface area contributed by atoms with Crippen LogP contribution in [0, 0.1) is 0 Å². The lowest BCUT2D eigenvalue weighted by Crippen LogP contribution is -2.22. The van der Waals surface area contributed by atoms with Gasteiger partial charge in [-0.05, 0) is 43.7 Å². The summed E-state index contributed by atoms with van der Waals surface area (Å²) in [6.45, 7) is 3.82. The summed E-state index contributed by atoms with van der Waals surface area (Å²) in [5.74, 6) is -0.0743. The van der Waals surface area contributed by atoms with Crippen LogP contribution < -0.4 is 10.6 Å². The maximum absolute atomic E-state index is 12.2. The molecule has 0 aliphatic heterocycles. The molecule has 0 saturated carbocycles. The van der Waals surface area contributed by atoms with E-state index < -0.39 is 0 Å². The van der Waals surface area contributed by atoms with Gasteiger partial charge in [0.25, 0.3) is 0 Å². The van der Waals surface area contributed by atoms with Gasteiger partial charge in [-0.3, -0.25) is 14.6 Å². The zero-order valence-electron chi connectivity index (χ0n) is 13.8. The number of carbonyl (C=O) groups is 2. The van der Waals surface area contributed by atoms with E-state index in [1.807, 2.05) is 38.1 Å². The van der Waals surface area contributed by atoms with Crippen LogP contribution in [-0.2, 0) is 9.59 Å². The Labute approximate surface area is 146 Å². The second-order valence-corrected chi connectivity index (χ2v) is 6.73. The molecule has 2 amide bonds. The molecule has 1 heterocycles. The monoisotopic (exact) mass is 343 g/mol. The molecule has 0 saturated heterocycles. The van der Waals surface area contributed by atoms with Gasteiger partial charge in [-0.1, -0.05) is 13.0 Å². The van der Waals surface area contributed by atoms with Crippen molar-refractivity contribution < 1.29 is 9.59 Å². The van der Waals surface area contributed by atoms with Crippen LogP contribution in [0.4, 0.5) is 11.4 Å². The molecular formula is C18H21N3O2S. The molecule has 1 aromatic heterocycles. The molecule has 0 spiro atoms. The van der Waals surface area contributed by atoms with Crippen LogP contribution in [0.5, 0.6) is 0 Å². The number of benzene rings is 1. The number of rotatable bonds is 7. The molecule has 2 N–H and O–H groups in total. The standard InChI is InChI=1S/C18H21N3O2S/c1-3-5-17(22)20-15-6-4-7-16(12-15)24-13(2)18(23)21-14-8-10-19-11-9-14/h4,6-13H,3,5H2,1-2H3,(H,20,22)(H,19,21,23). The van der Waals surface area contributed by atoms with Gasteiger partial charge in [0.1, 0.15) is 0 Å². The molecule has 1 unspecified atom stereocenters. The Hall–Kier alpha value is -2.34. The average molecular weight is 343 g/mol. The minimum Gasteiger partial charge on any atom is -0.326 e. The zero-order valence-corrected chi connectivity index (χ0v) is 14.6. The quantitative estimate of drug-likeness (QED) is 0.747. The van der Waals surface area contributed by atoms with Gasteiger partial charge in [-0.25, -0.2) is 0 Å². The number of carbonyl (C=O) groups excluding carboxylic acids is 2. The minimum atomic E-state index is -0.264. The molecule has 2 rings (SSSR count). The van der Waals surface area contributed by atoms with Gasteiger partial charge in [0.15, 0.2) is 0 Å². The minimum absolute atomic E-state index is 0.00290. The van der Waals surface area contributed by atoms with Crippen molar-refractivity contribution in [2.75, 3.05) is 10.6 Å². The summed E-state index contributed by atoms with van der Waals surface area (Å²) in [6, 6.07) is 11.0. The fraction of sp³-hybridized carbons (Fsp3) is 0.278. The van der Waals surface area contributed by atoms with E-state index in [0.29, 0.717) is 6.42 Å². The largest absolute Gasteiger partial charge is 0.326 e. The van der Waals surface area contributed by atoms with Crippen molar-refractivity contribution in [1.29, 1.82) is 0 Å². The second-order valence-electron chi connectivity index (χ2n) is 5.31. The lowest BCUT2D eigenvalue weighted by atomic mass is 10.3. The highest BCUT2D eigenvalue weighted by Crippen LogP contribution is 2.26. The maximum Gasteiger partial charge on any atom is 0.237 e. The van der Waals surface area contributed by atoms with Crippen LogP contribution in [0.25, 0.3) is 0 Å². The summed E-state index contributed by atoms with van der Waals surface area (Å²) in [5.41, 5.74) is 1.48. The van der Waals surface area contributed by atoms with Crippen LogP contribution in [0.3, 0.4) is 0 Å². The summed E-state index contributed by atoms with van der Waals surface area (Å²) in [6.07, 6.45) is 4.58. The molecule has 0 aliphatic rings. The Morgan fingerprint density at radius 2 is 1.88 bits per heavy atom. The Morgan fingerprint density at radius 3 is 2.58 bits per heavy atom. The maximum atomic E-state index is 12.2. The topological polar surface area (TPSA) is 71.1 Å². The lowest BCUT2D eigenvalue weighted by molar-refractivity contribution is -0.116. The van der Waals surface area contributed by atoms with Crippen molar-refractivity contribution in [3.63, 3.8) is 0 Å². The van der Waals surface area contributed by atoms with E-state index >= 15 is 0 Å². The normalized spacial score (nSPS) is 11.6. The first-order valence-electron chi connectivity index (χ1n) is 7.86. The van der Waals surface area contributed by atoms with Crippen LogP contribution >= 0.6 is 11.8 Å². The summed E-state index contributed by atoms with van der Waals surface area (Å²) in [5, 5.41) is 5.46. The first-order chi connectivity index (χ1) is 11.6. The number of hydrogen-bond acceptors (Lipinski definition) is 4. The SMILES string of the molecule is CCCC(=O)Nc1cccc(SC(C)C(=O)Nc2ccncc2)c1. The number of anilines is 2. The fourth-order valence-corrected chi connectivity index (χ4v) is 2.96. The average Bonchev–Trinajstić information content (AvgIpc) is 2.56. The number of aromatic nitrogens is 1. The first-order valence-corrected chi connectivity index (χ1v) is 8.74. The van der Waals surface area contributed by atoms with Crippen LogP contribution in [-0.4, -0.2) is 22.0 Å². The molecule has 1 aromatic carbocycles. The molecule has 0 bridgehead atoms. The van der Waals surface area contributed by atoms with Crippen molar-refractivity contribution in [2.45, 2.75) is 36.8 Å². The van der Waals surface area contributed by atoms with Crippen LogP contribution in [0.2, 0.25) is 0 Å². The number of nitrogens with one attached hydrogen (secondary N) is 2. The number of nitrogens with zero attached hydrogens (tertiary/aromatic N) is 1. The number of pyridine rings is 1. The number of amides is 2. The van der Waals surface area contributed by atoms with Gasteiger partial charge in [0.05, 0.1) is 5.25 Å². The van der Waals surface area contributed by atoms with Gasteiger partial charge in [0.2, 0.25) is 11.8 Å². The van der Waals surface area contributed by atoms with Crippen molar-refractivity contribution in [1.82, 2.24) is 4.98 Å². The van der Waals surface area contributed by atoms with E-state index in [-0.39, 0.29) is 17.1 Å². The Bertz CT molecular complexity index is 692. The van der Waals surface area contributed by atoms with Gasteiger partial charge < -0.3 is 10.6 Å². The molecule has 126 valence electrons.